The minimum Gasteiger partial charge on any atom is -0.467 e. The van der Waals surface area contributed by atoms with Crippen molar-refractivity contribution in [1.82, 2.24) is 0 Å². The first-order chi connectivity index (χ1) is 8.76. The van der Waals surface area contributed by atoms with Crippen LogP contribution in [-0.4, -0.2) is 11.7 Å². The molecule has 0 aliphatic heterocycles. The summed E-state index contributed by atoms with van der Waals surface area (Å²) in [6.07, 6.45) is 1.61. The second-order valence-corrected chi connectivity index (χ2v) is 3.99. The summed E-state index contributed by atoms with van der Waals surface area (Å²) in [6.45, 7) is 2.93. The van der Waals surface area contributed by atoms with Crippen molar-refractivity contribution >= 4 is 5.69 Å². The molecule has 96 valence electrons. The van der Waals surface area contributed by atoms with Crippen LogP contribution < -0.4 is 4.90 Å². The van der Waals surface area contributed by atoms with Gasteiger partial charge < -0.3 is 14.4 Å². The van der Waals surface area contributed by atoms with Gasteiger partial charge in [0, 0.05) is 17.8 Å². The zero-order chi connectivity index (χ0) is 13.0. The van der Waals surface area contributed by atoms with E-state index in [1.54, 1.807) is 18.4 Å². The van der Waals surface area contributed by atoms with Crippen molar-refractivity contribution in [2.45, 2.75) is 20.1 Å². The van der Waals surface area contributed by atoms with Gasteiger partial charge in [-0.1, -0.05) is 6.07 Å². The molecule has 1 aromatic heterocycles. The standard InChI is InChI=1S/C14H16FNO2/c1-2-16(9-11-5-4-8-18-11)14-7-3-6-13(15)12(14)10-17/h3-8,17H,2,9-10H2,1H3. The summed E-state index contributed by atoms with van der Waals surface area (Å²) < 4.78 is 18.9. The molecule has 0 amide bonds. The van der Waals surface area contributed by atoms with Gasteiger partial charge in [0.05, 0.1) is 19.4 Å². The summed E-state index contributed by atoms with van der Waals surface area (Å²) >= 11 is 0. The summed E-state index contributed by atoms with van der Waals surface area (Å²) in [5.41, 5.74) is 1.03. The Morgan fingerprint density at radius 2 is 2.11 bits per heavy atom. The molecular formula is C14H16FNO2. The minimum atomic E-state index is -0.382. The van der Waals surface area contributed by atoms with Crippen molar-refractivity contribution in [3.8, 4) is 0 Å². The molecule has 0 bridgehead atoms. The monoisotopic (exact) mass is 249 g/mol. The van der Waals surface area contributed by atoms with E-state index in [1.165, 1.54) is 6.07 Å². The predicted octanol–water partition coefficient (Wildman–Crippen LogP) is 2.94. The summed E-state index contributed by atoms with van der Waals surface area (Å²) in [5.74, 6) is 0.429. The second kappa shape index (κ2) is 5.69. The topological polar surface area (TPSA) is 36.6 Å². The Morgan fingerprint density at radius 3 is 2.72 bits per heavy atom. The first-order valence-corrected chi connectivity index (χ1v) is 5.91. The fourth-order valence-corrected chi connectivity index (χ4v) is 1.96. The molecule has 0 saturated heterocycles. The molecule has 0 atom stereocenters. The summed E-state index contributed by atoms with van der Waals surface area (Å²) in [5, 5.41) is 9.28. The lowest BCUT2D eigenvalue weighted by Crippen LogP contribution is -2.23. The van der Waals surface area contributed by atoms with Gasteiger partial charge in [0.2, 0.25) is 0 Å². The van der Waals surface area contributed by atoms with E-state index < -0.39 is 0 Å². The number of aliphatic hydroxyl groups excluding tert-OH is 1. The van der Waals surface area contributed by atoms with Gasteiger partial charge in [-0.25, -0.2) is 4.39 Å². The third-order valence-electron chi connectivity index (χ3n) is 2.90. The third-order valence-corrected chi connectivity index (χ3v) is 2.90. The number of hydrogen-bond acceptors (Lipinski definition) is 3. The van der Waals surface area contributed by atoms with Crippen LogP contribution in [0.5, 0.6) is 0 Å². The number of benzene rings is 1. The lowest BCUT2D eigenvalue weighted by Gasteiger charge is -2.24. The molecule has 0 fully saturated rings. The molecule has 18 heavy (non-hydrogen) atoms. The molecule has 0 aliphatic rings. The highest BCUT2D eigenvalue weighted by atomic mass is 19.1. The third kappa shape index (κ3) is 2.54. The van der Waals surface area contributed by atoms with E-state index in [-0.39, 0.29) is 12.4 Å². The van der Waals surface area contributed by atoms with Crippen LogP contribution in [0.1, 0.15) is 18.2 Å². The Hall–Kier alpha value is -1.81. The molecule has 1 aromatic carbocycles. The van der Waals surface area contributed by atoms with Crippen molar-refractivity contribution in [2.75, 3.05) is 11.4 Å². The van der Waals surface area contributed by atoms with Crippen LogP contribution in [0.3, 0.4) is 0 Å². The average molecular weight is 249 g/mol. The Morgan fingerprint density at radius 1 is 1.28 bits per heavy atom. The number of aliphatic hydroxyl groups is 1. The normalized spacial score (nSPS) is 10.6. The number of furan rings is 1. The Balaban J connectivity index is 2.30. The van der Waals surface area contributed by atoms with Crippen LogP contribution >= 0.6 is 0 Å². The van der Waals surface area contributed by atoms with Crippen molar-refractivity contribution in [3.05, 3.63) is 53.7 Å². The van der Waals surface area contributed by atoms with Crippen LogP contribution in [0, 0.1) is 5.82 Å². The van der Waals surface area contributed by atoms with Crippen LogP contribution in [0.15, 0.2) is 41.0 Å². The summed E-state index contributed by atoms with van der Waals surface area (Å²) in [7, 11) is 0. The highest BCUT2D eigenvalue weighted by molar-refractivity contribution is 5.54. The van der Waals surface area contributed by atoms with E-state index in [4.69, 9.17) is 4.42 Å². The average Bonchev–Trinajstić information content (AvgIpc) is 2.88. The highest BCUT2D eigenvalue weighted by Gasteiger charge is 2.14. The zero-order valence-corrected chi connectivity index (χ0v) is 10.3. The van der Waals surface area contributed by atoms with Crippen molar-refractivity contribution in [2.24, 2.45) is 0 Å². The van der Waals surface area contributed by atoms with Gasteiger partial charge in [-0.3, -0.25) is 0 Å². The molecule has 0 spiro atoms. The lowest BCUT2D eigenvalue weighted by molar-refractivity contribution is 0.276. The minimum absolute atomic E-state index is 0.309. The number of nitrogens with zero attached hydrogens (tertiary/aromatic N) is 1. The van der Waals surface area contributed by atoms with Gasteiger partial charge in [-0.05, 0) is 31.2 Å². The first-order valence-electron chi connectivity index (χ1n) is 5.91. The first kappa shape index (κ1) is 12.6. The quantitative estimate of drug-likeness (QED) is 0.885. The highest BCUT2D eigenvalue weighted by Crippen LogP contribution is 2.24. The van der Waals surface area contributed by atoms with Gasteiger partial charge in [0.1, 0.15) is 11.6 Å². The molecule has 0 saturated carbocycles. The van der Waals surface area contributed by atoms with Crippen LogP contribution in [0.4, 0.5) is 10.1 Å². The zero-order valence-electron chi connectivity index (χ0n) is 10.3. The van der Waals surface area contributed by atoms with Gasteiger partial charge >= 0.3 is 0 Å². The molecule has 0 radical (unpaired) electrons. The van der Waals surface area contributed by atoms with Crippen LogP contribution in [-0.2, 0) is 13.2 Å². The maximum Gasteiger partial charge on any atom is 0.130 e. The molecule has 0 unspecified atom stereocenters. The largest absolute Gasteiger partial charge is 0.467 e. The van der Waals surface area contributed by atoms with Crippen molar-refractivity contribution < 1.29 is 13.9 Å². The van der Waals surface area contributed by atoms with Gasteiger partial charge in [-0.2, -0.15) is 0 Å². The maximum atomic E-state index is 13.6. The van der Waals surface area contributed by atoms with Gasteiger partial charge in [-0.15, -0.1) is 0 Å². The summed E-state index contributed by atoms with van der Waals surface area (Å²) in [4.78, 5) is 1.97. The molecule has 1 heterocycles. The number of anilines is 1. The molecule has 2 rings (SSSR count). The van der Waals surface area contributed by atoms with Gasteiger partial charge in [0.15, 0.2) is 0 Å². The van der Waals surface area contributed by atoms with Crippen molar-refractivity contribution in [3.63, 3.8) is 0 Å². The van der Waals surface area contributed by atoms with Crippen LogP contribution in [0.25, 0.3) is 0 Å². The molecular weight excluding hydrogens is 233 g/mol. The van der Waals surface area contributed by atoms with E-state index in [0.717, 1.165) is 5.76 Å². The number of halogens is 1. The maximum absolute atomic E-state index is 13.6. The Bertz CT molecular complexity index is 497. The van der Waals surface area contributed by atoms with E-state index >= 15 is 0 Å². The number of rotatable bonds is 5. The SMILES string of the molecule is CCN(Cc1ccco1)c1cccc(F)c1CO. The predicted molar refractivity (Wildman–Crippen MR) is 67.8 cm³/mol. The molecule has 3 nitrogen and oxygen atoms in total. The van der Waals surface area contributed by atoms with E-state index in [1.807, 2.05) is 24.0 Å². The van der Waals surface area contributed by atoms with E-state index in [2.05, 4.69) is 0 Å². The van der Waals surface area contributed by atoms with Gasteiger partial charge in [0.25, 0.3) is 0 Å². The van der Waals surface area contributed by atoms with Crippen LogP contribution in [0.2, 0.25) is 0 Å². The molecule has 0 aliphatic carbocycles. The Labute approximate surface area is 105 Å². The fraction of sp³-hybridized carbons (Fsp3) is 0.286. The van der Waals surface area contributed by atoms with E-state index in [0.29, 0.717) is 24.3 Å². The molecule has 4 heteroatoms. The van der Waals surface area contributed by atoms with E-state index in [9.17, 15) is 9.50 Å². The Kier molecular flexibility index (Phi) is 3.99. The molecule has 2 aromatic rings. The molecule has 1 N–H and O–H groups in total. The second-order valence-electron chi connectivity index (χ2n) is 3.99. The summed E-state index contributed by atoms with van der Waals surface area (Å²) in [6, 6.07) is 8.51. The lowest BCUT2D eigenvalue weighted by atomic mass is 10.1. The smallest absolute Gasteiger partial charge is 0.130 e. The van der Waals surface area contributed by atoms with Crippen molar-refractivity contribution in [1.29, 1.82) is 0 Å². The fourth-order valence-electron chi connectivity index (χ4n) is 1.96. The number of hydrogen-bond donors (Lipinski definition) is 1.